The monoisotopic (exact) mass is 255 g/mol. The average Bonchev–Trinajstić information content (AvgIpc) is 2.20. The molecular formula is C11H14BrNO. The predicted octanol–water partition coefficient (Wildman–Crippen LogP) is 3.11. The van der Waals surface area contributed by atoms with E-state index in [2.05, 4.69) is 21.2 Å². The number of aryl methyl sites for hydroxylation is 1. The zero-order valence-corrected chi connectivity index (χ0v) is 9.97. The molecule has 0 aliphatic heterocycles. The van der Waals surface area contributed by atoms with Crippen molar-refractivity contribution in [2.75, 3.05) is 5.32 Å². The van der Waals surface area contributed by atoms with E-state index in [1.165, 1.54) is 0 Å². The van der Waals surface area contributed by atoms with Crippen molar-refractivity contribution >= 4 is 27.5 Å². The van der Waals surface area contributed by atoms with Gasteiger partial charge in [-0.1, -0.05) is 41.1 Å². The Hall–Kier alpha value is -0.830. The molecule has 1 amide bonds. The molecule has 2 nitrogen and oxygen atoms in total. The van der Waals surface area contributed by atoms with Crippen LogP contribution in [0.2, 0.25) is 0 Å². The van der Waals surface area contributed by atoms with E-state index in [1.807, 2.05) is 38.1 Å². The van der Waals surface area contributed by atoms with Crippen LogP contribution in [0.25, 0.3) is 0 Å². The maximum atomic E-state index is 11.5. The largest absolute Gasteiger partial charge is 0.325 e. The molecule has 76 valence electrons. The molecule has 1 N–H and O–H groups in total. The number of alkyl halides is 1. The molecule has 0 heterocycles. The van der Waals surface area contributed by atoms with Crippen LogP contribution in [0, 0.1) is 6.92 Å². The van der Waals surface area contributed by atoms with Gasteiger partial charge in [-0.05, 0) is 25.0 Å². The molecule has 0 aliphatic rings. The van der Waals surface area contributed by atoms with E-state index in [0.717, 1.165) is 17.7 Å². The lowest BCUT2D eigenvalue weighted by atomic mass is 10.2. The first-order valence-corrected chi connectivity index (χ1v) is 5.57. The van der Waals surface area contributed by atoms with Crippen LogP contribution in [0.15, 0.2) is 24.3 Å². The second-order valence-electron chi connectivity index (χ2n) is 3.18. The van der Waals surface area contributed by atoms with Crippen molar-refractivity contribution in [2.45, 2.75) is 25.1 Å². The Morgan fingerprint density at radius 1 is 1.50 bits per heavy atom. The number of carbonyl (C=O) groups excluding carboxylic acids is 1. The Bertz CT molecular complexity index is 325. The predicted molar refractivity (Wildman–Crippen MR) is 62.8 cm³/mol. The van der Waals surface area contributed by atoms with Crippen molar-refractivity contribution in [2.24, 2.45) is 0 Å². The second-order valence-corrected chi connectivity index (χ2v) is 4.29. The minimum Gasteiger partial charge on any atom is -0.325 e. The molecule has 0 radical (unpaired) electrons. The molecule has 0 saturated heterocycles. The number of benzene rings is 1. The van der Waals surface area contributed by atoms with Crippen molar-refractivity contribution in [3.05, 3.63) is 29.8 Å². The number of nitrogens with one attached hydrogen (secondary N) is 1. The fourth-order valence-corrected chi connectivity index (χ4v) is 1.22. The first kappa shape index (κ1) is 11.2. The zero-order valence-electron chi connectivity index (χ0n) is 8.38. The molecule has 0 spiro atoms. The van der Waals surface area contributed by atoms with Crippen molar-refractivity contribution in [1.29, 1.82) is 0 Å². The summed E-state index contributed by atoms with van der Waals surface area (Å²) in [4.78, 5) is 11.4. The molecule has 1 aromatic rings. The standard InChI is InChI=1S/C11H14BrNO/c1-3-9(12)11(14)13-10-7-5-4-6-8(10)2/h4-7,9H,3H2,1-2H3,(H,13,14)/t9-/m1/s1. The Kier molecular flexibility index (Phi) is 4.14. The molecular weight excluding hydrogens is 242 g/mol. The third-order valence-corrected chi connectivity index (χ3v) is 3.11. The summed E-state index contributed by atoms with van der Waals surface area (Å²) < 4.78 is 0. The highest BCUT2D eigenvalue weighted by Crippen LogP contribution is 2.15. The van der Waals surface area contributed by atoms with Gasteiger partial charge in [0, 0.05) is 5.69 Å². The van der Waals surface area contributed by atoms with Crippen LogP contribution in [0.5, 0.6) is 0 Å². The summed E-state index contributed by atoms with van der Waals surface area (Å²) in [6.45, 7) is 3.95. The smallest absolute Gasteiger partial charge is 0.238 e. The molecule has 14 heavy (non-hydrogen) atoms. The summed E-state index contributed by atoms with van der Waals surface area (Å²) in [6, 6.07) is 7.75. The molecule has 3 heteroatoms. The Labute approximate surface area is 92.8 Å². The zero-order chi connectivity index (χ0) is 10.6. The van der Waals surface area contributed by atoms with Crippen LogP contribution < -0.4 is 5.32 Å². The van der Waals surface area contributed by atoms with Crippen molar-refractivity contribution in [3.63, 3.8) is 0 Å². The number of halogens is 1. The third-order valence-electron chi connectivity index (χ3n) is 2.05. The summed E-state index contributed by atoms with van der Waals surface area (Å²) >= 11 is 3.31. The van der Waals surface area contributed by atoms with E-state index >= 15 is 0 Å². The minimum atomic E-state index is -0.109. The average molecular weight is 256 g/mol. The highest BCUT2D eigenvalue weighted by Gasteiger charge is 2.12. The molecule has 1 rings (SSSR count). The Morgan fingerprint density at radius 3 is 2.71 bits per heavy atom. The van der Waals surface area contributed by atoms with Gasteiger partial charge in [0.25, 0.3) is 0 Å². The first-order chi connectivity index (χ1) is 6.65. The fourth-order valence-electron chi connectivity index (χ4n) is 1.11. The summed E-state index contributed by atoms with van der Waals surface area (Å²) in [6.07, 6.45) is 0.789. The SMILES string of the molecule is CC[C@@H](Br)C(=O)Nc1ccccc1C. The van der Waals surface area contributed by atoms with E-state index in [4.69, 9.17) is 0 Å². The van der Waals surface area contributed by atoms with Crippen LogP contribution in [-0.2, 0) is 4.79 Å². The lowest BCUT2D eigenvalue weighted by Crippen LogP contribution is -2.22. The van der Waals surface area contributed by atoms with Gasteiger partial charge in [-0.15, -0.1) is 0 Å². The van der Waals surface area contributed by atoms with E-state index in [-0.39, 0.29) is 10.7 Å². The van der Waals surface area contributed by atoms with Crippen molar-refractivity contribution in [1.82, 2.24) is 0 Å². The molecule has 0 unspecified atom stereocenters. The number of amides is 1. The Balaban J connectivity index is 2.70. The van der Waals surface area contributed by atoms with E-state index < -0.39 is 0 Å². The molecule has 1 atom stereocenters. The number of hydrogen-bond acceptors (Lipinski definition) is 1. The quantitative estimate of drug-likeness (QED) is 0.827. The fraction of sp³-hybridized carbons (Fsp3) is 0.364. The van der Waals surface area contributed by atoms with E-state index in [9.17, 15) is 4.79 Å². The lowest BCUT2D eigenvalue weighted by molar-refractivity contribution is -0.115. The van der Waals surface area contributed by atoms with Gasteiger partial charge in [-0.25, -0.2) is 0 Å². The van der Waals surface area contributed by atoms with Crippen molar-refractivity contribution in [3.8, 4) is 0 Å². The van der Waals surface area contributed by atoms with Gasteiger partial charge in [0.05, 0.1) is 4.83 Å². The van der Waals surface area contributed by atoms with Gasteiger partial charge in [0.15, 0.2) is 0 Å². The molecule has 0 aliphatic carbocycles. The summed E-state index contributed by atoms with van der Waals surface area (Å²) in [5, 5.41) is 2.88. The number of anilines is 1. The topological polar surface area (TPSA) is 29.1 Å². The Morgan fingerprint density at radius 2 is 2.14 bits per heavy atom. The molecule has 0 saturated carbocycles. The van der Waals surface area contributed by atoms with Crippen LogP contribution in [-0.4, -0.2) is 10.7 Å². The van der Waals surface area contributed by atoms with Crippen LogP contribution >= 0.6 is 15.9 Å². The van der Waals surface area contributed by atoms with Crippen LogP contribution in [0.4, 0.5) is 5.69 Å². The van der Waals surface area contributed by atoms with Crippen LogP contribution in [0.3, 0.4) is 0 Å². The highest BCUT2D eigenvalue weighted by molar-refractivity contribution is 9.10. The second kappa shape index (κ2) is 5.15. The van der Waals surface area contributed by atoms with Crippen molar-refractivity contribution < 1.29 is 4.79 Å². The molecule has 0 aromatic heterocycles. The maximum Gasteiger partial charge on any atom is 0.238 e. The lowest BCUT2D eigenvalue weighted by Gasteiger charge is -2.10. The van der Waals surface area contributed by atoms with Gasteiger partial charge in [-0.2, -0.15) is 0 Å². The minimum absolute atomic E-state index is 0.0156. The maximum absolute atomic E-state index is 11.5. The van der Waals surface area contributed by atoms with E-state index in [1.54, 1.807) is 0 Å². The number of hydrogen-bond donors (Lipinski definition) is 1. The van der Waals surface area contributed by atoms with Gasteiger partial charge >= 0.3 is 0 Å². The van der Waals surface area contributed by atoms with E-state index in [0.29, 0.717) is 0 Å². The summed E-state index contributed by atoms with van der Waals surface area (Å²) in [7, 11) is 0. The molecule has 0 bridgehead atoms. The first-order valence-electron chi connectivity index (χ1n) is 4.65. The normalized spacial score (nSPS) is 12.2. The van der Waals surface area contributed by atoms with Gasteiger partial charge in [-0.3, -0.25) is 4.79 Å². The third kappa shape index (κ3) is 2.84. The van der Waals surface area contributed by atoms with Gasteiger partial charge in [0.1, 0.15) is 0 Å². The van der Waals surface area contributed by atoms with Gasteiger partial charge < -0.3 is 5.32 Å². The number of carbonyl (C=O) groups is 1. The summed E-state index contributed by atoms with van der Waals surface area (Å²) in [5.41, 5.74) is 1.96. The summed E-state index contributed by atoms with van der Waals surface area (Å²) in [5.74, 6) is 0.0156. The number of para-hydroxylation sites is 1. The number of rotatable bonds is 3. The molecule has 1 aromatic carbocycles. The highest BCUT2D eigenvalue weighted by atomic mass is 79.9. The van der Waals surface area contributed by atoms with Gasteiger partial charge in [0.2, 0.25) is 5.91 Å². The van der Waals surface area contributed by atoms with Crippen LogP contribution in [0.1, 0.15) is 18.9 Å². The molecule has 0 fully saturated rings.